The van der Waals surface area contributed by atoms with Crippen LogP contribution in [0.2, 0.25) is 0 Å². The molecule has 0 atom stereocenters. The molecule has 0 aliphatic carbocycles. The monoisotopic (exact) mass is 568 g/mol. The number of benzene rings is 3. The summed E-state index contributed by atoms with van der Waals surface area (Å²) in [7, 11) is 3.13. The standard InChI is InChI=1S/C27H25IN2O4/c1-18-4-6-19(7-5-18)17-34-25-11-8-20(13-24(25)28)12-22(15-29)27(31)30-16-21-9-10-23(32-2)14-26(21)33-3/h4-14H,16-17H2,1-3H3,(H,30,31)/b22-12+. The molecular formula is C27H25IN2O4. The predicted octanol–water partition coefficient (Wildman–Crippen LogP) is 5.42. The number of methoxy groups -OCH3 is 2. The molecule has 0 aliphatic rings. The number of carbonyl (C=O) groups is 1. The first kappa shape index (κ1) is 25.1. The number of nitrogens with one attached hydrogen (secondary N) is 1. The molecule has 174 valence electrons. The second-order valence-electron chi connectivity index (χ2n) is 7.49. The van der Waals surface area contributed by atoms with Crippen molar-refractivity contribution in [3.05, 3.63) is 92.1 Å². The van der Waals surface area contributed by atoms with Crippen molar-refractivity contribution >= 4 is 34.6 Å². The fourth-order valence-corrected chi connectivity index (χ4v) is 3.85. The topological polar surface area (TPSA) is 80.6 Å². The largest absolute Gasteiger partial charge is 0.497 e. The average molecular weight is 568 g/mol. The van der Waals surface area contributed by atoms with Crippen LogP contribution in [0.3, 0.4) is 0 Å². The molecule has 1 N–H and O–H groups in total. The van der Waals surface area contributed by atoms with Gasteiger partial charge in [0.15, 0.2) is 0 Å². The predicted molar refractivity (Wildman–Crippen MR) is 140 cm³/mol. The summed E-state index contributed by atoms with van der Waals surface area (Å²) >= 11 is 2.19. The summed E-state index contributed by atoms with van der Waals surface area (Å²) in [5, 5.41) is 12.3. The second-order valence-corrected chi connectivity index (χ2v) is 8.66. The van der Waals surface area contributed by atoms with Gasteiger partial charge in [-0.1, -0.05) is 35.9 Å². The molecule has 0 bridgehead atoms. The van der Waals surface area contributed by atoms with Crippen molar-refractivity contribution in [3.8, 4) is 23.3 Å². The summed E-state index contributed by atoms with van der Waals surface area (Å²) in [5.41, 5.74) is 3.81. The molecule has 0 radical (unpaired) electrons. The Bertz CT molecular complexity index is 1230. The van der Waals surface area contributed by atoms with Crippen LogP contribution < -0.4 is 19.5 Å². The summed E-state index contributed by atoms with van der Waals surface area (Å²) in [4.78, 5) is 12.6. The van der Waals surface area contributed by atoms with Crippen LogP contribution >= 0.6 is 22.6 Å². The van der Waals surface area contributed by atoms with Crippen molar-refractivity contribution in [3.63, 3.8) is 0 Å². The molecule has 3 rings (SSSR count). The first-order valence-electron chi connectivity index (χ1n) is 10.5. The molecule has 34 heavy (non-hydrogen) atoms. The fourth-order valence-electron chi connectivity index (χ4n) is 3.15. The molecular weight excluding hydrogens is 543 g/mol. The number of rotatable bonds is 9. The molecule has 6 nitrogen and oxygen atoms in total. The van der Waals surface area contributed by atoms with Gasteiger partial charge in [0.2, 0.25) is 0 Å². The lowest BCUT2D eigenvalue weighted by Crippen LogP contribution is -2.24. The van der Waals surface area contributed by atoms with Crippen molar-refractivity contribution in [1.82, 2.24) is 5.32 Å². The molecule has 0 spiro atoms. The quantitative estimate of drug-likeness (QED) is 0.212. The SMILES string of the molecule is COc1ccc(CNC(=O)/C(C#N)=C/c2ccc(OCc3ccc(C)cc3)c(I)c2)c(OC)c1. The Morgan fingerprint density at radius 3 is 2.44 bits per heavy atom. The third-order valence-corrected chi connectivity index (χ3v) is 5.92. The molecule has 7 heteroatoms. The van der Waals surface area contributed by atoms with E-state index in [2.05, 4.69) is 40.0 Å². The maximum atomic E-state index is 12.6. The smallest absolute Gasteiger partial charge is 0.262 e. The van der Waals surface area contributed by atoms with Gasteiger partial charge in [-0.05, 0) is 71.0 Å². The zero-order chi connectivity index (χ0) is 24.5. The minimum absolute atomic E-state index is 0.0107. The Hall–Kier alpha value is -3.51. The third-order valence-electron chi connectivity index (χ3n) is 5.08. The molecule has 0 saturated heterocycles. The van der Waals surface area contributed by atoms with Crippen LogP contribution in [0, 0.1) is 21.8 Å². The Balaban J connectivity index is 1.66. The van der Waals surface area contributed by atoms with E-state index in [4.69, 9.17) is 14.2 Å². The van der Waals surface area contributed by atoms with Crippen LogP contribution in [0.5, 0.6) is 17.2 Å². The Kier molecular flexibility index (Phi) is 8.93. The number of hydrogen-bond donors (Lipinski definition) is 1. The van der Waals surface area contributed by atoms with Crippen molar-refractivity contribution in [1.29, 1.82) is 5.26 Å². The number of hydrogen-bond acceptors (Lipinski definition) is 5. The highest BCUT2D eigenvalue weighted by molar-refractivity contribution is 14.1. The summed E-state index contributed by atoms with van der Waals surface area (Å²) in [6.45, 7) is 2.73. The van der Waals surface area contributed by atoms with Crippen LogP contribution in [0.15, 0.2) is 66.2 Å². The van der Waals surface area contributed by atoms with E-state index in [1.165, 1.54) is 5.56 Å². The van der Waals surface area contributed by atoms with Crippen molar-refractivity contribution in [2.24, 2.45) is 0 Å². The zero-order valence-electron chi connectivity index (χ0n) is 19.2. The molecule has 3 aromatic rings. The van der Waals surface area contributed by atoms with E-state index in [0.717, 1.165) is 26.0 Å². The third kappa shape index (κ3) is 6.75. The van der Waals surface area contributed by atoms with E-state index in [0.29, 0.717) is 18.1 Å². The fraction of sp³-hybridized carbons (Fsp3) is 0.185. The van der Waals surface area contributed by atoms with E-state index in [-0.39, 0.29) is 12.1 Å². The number of nitriles is 1. The van der Waals surface area contributed by atoms with Gasteiger partial charge in [0.1, 0.15) is 35.5 Å². The van der Waals surface area contributed by atoms with Gasteiger partial charge in [-0.25, -0.2) is 0 Å². The average Bonchev–Trinajstić information content (AvgIpc) is 2.86. The highest BCUT2D eigenvalue weighted by Gasteiger charge is 2.12. The molecule has 0 heterocycles. The highest BCUT2D eigenvalue weighted by atomic mass is 127. The first-order chi connectivity index (χ1) is 16.4. The summed E-state index contributed by atoms with van der Waals surface area (Å²) in [5.74, 6) is 1.53. The first-order valence-corrected chi connectivity index (χ1v) is 11.6. The van der Waals surface area contributed by atoms with Gasteiger partial charge in [0, 0.05) is 18.2 Å². The minimum Gasteiger partial charge on any atom is -0.497 e. The van der Waals surface area contributed by atoms with Crippen LogP contribution in [0.25, 0.3) is 6.08 Å². The normalized spacial score (nSPS) is 10.9. The van der Waals surface area contributed by atoms with Gasteiger partial charge in [0.05, 0.1) is 17.8 Å². The van der Waals surface area contributed by atoms with E-state index in [1.54, 1.807) is 32.4 Å². The van der Waals surface area contributed by atoms with Gasteiger partial charge in [-0.3, -0.25) is 4.79 Å². The molecule has 0 aromatic heterocycles. The number of carbonyl (C=O) groups excluding carboxylic acids is 1. The van der Waals surface area contributed by atoms with Crippen LogP contribution in [-0.2, 0) is 17.9 Å². The van der Waals surface area contributed by atoms with E-state index >= 15 is 0 Å². The number of amides is 1. The van der Waals surface area contributed by atoms with Crippen LogP contribution in [0.1, 0.15) is 22.3 Å². The highest BCUT2D eigenvalue weighted by Crippen LogP contribution is 2.26. The van der Waals surface area contributed by atoms with Crippen molar-refractivity contribution in [2.45, 2.75) is 20.1 Å². The number of aryl methyl sites for hydroxylation is 1. The molecule has 0 unspecified atom stereocenters. The summed E-state index contributed by atoms with van der Waals surface area (Å²) in [6.07, 6.45) is 1.56. The molecule has 0 saturated carbocycles. The lowest BCUT2D eigenvalue weighted by Gasteiger charge is -2.11. The Morgan fingerprint density at radius 2 is 1.79 bits per heavy atom. The van der Waals surface area contributed by atoms with Gasteiger partial charge in [0.25, 0.3) is 5.91 Å². The zero-order valence-corrected chi connectivity index (χ0v) is 21.4. The molecule has 0 aliphatic heterocycles. The Morgan fingerprint density at radius 1 is 1.03 bits per heavy atom. The Labute approximate surface area is 213 Å². The molecule has 1 amide bonds. The number of ether oxygens (including phenoxy) is 3. The molecule has 3 aromatic carbocycles. The van der Waals surface area contributed by atoms with Crippen LogP contribution in [0.4, 0.5) is 0 Å². The second kappa shape index (κ2) is 12.1. The maximum Gasteiger partial charge on any atom is 0.262 e. The number of halogens is 1. The van der Waals surface area contributed by atoms with Crippen molar-refractivity contribution in [2.75, 3.05) is 14.2 Å². The van der Waals surface area contributed by atoms with Crippen molar-refractivity contribution < 1.29 is 19.0 Å². The van der Waals surface area contributed by atoms with Gasteiger partial charge < -0.3 is 19.5 Å². The van der Waals surface area contributed by atoms with Gasteiger partial charge >= 0.3 is 0 Å². The van der Waals surface area contributed by atoms with Gasteiger partial charge in [-0.15, -0.1) is 0 Å². The van der Waals surface area contributed by atoms with E-state index in [1.807, 2.05) is 49.4 Å². The maximum absolute atomic E-state index is 12.6. The molecule has 0 fully saturated rings. The lowest BCUT2D eigenvalue weighted by atomic mass is 10.1. The lowest BCUT2D eigenvalue weighted by molar-refractivity contribution is -0.117. The minimum atomic E-state index is -0.463. The van der Waals surface area contributed by atoms with E-state index in [9.17, 15) is 10.1 Å². The van der Waals surface area contributed by atoms with Gasteiger partial charge in [-0.2, -0.15) is 5.26 Å². The van der Waals surface area contributed by atoms with Crippen LogP contribution in [-0.4, -0.2) is 20.1 Å². The summed E-state index contributed by atoms with van der Waals surface area (Å²) < 4.78 is 17.4. The summed E-state index contributed by atoms with van der Waals surface area (Å²) in [6, 6.07) is 21.1. The number of nitrogens with zero attached hydrogens (tertiary/aromatic N) is 1. The van der Waals surface area contributed by atoms with E-state index < -0.39 is 5.91 Å².